The standard InChI is InChI=1S/C20H17NOS/c1-15-9-11-17(12-10-15)21-20(22)13-14-23-19-8-4-6-16-5-2-3-7-18(16)19/h2-14H,1H3,(H,21,22). The molecule has 0 spiro atoms. The zero-order valence-corrected chi connectivity index (χ0v) is 13.6. The van der Waals surface area contributed by atoms with Crippen LogP contribution in [0.2, 0.25) is 0 Å². The molecule has 0 atom stereocenters. The molecule has 0 saturated carbocycles. The van der Waals surface area contributed by atoms with E-state index in [1.165, 1.54) is 16.3 Å². The summed E-state index contributed by atoms with van der Waals surface area (Å²) in [4.78, 5) is 13.1. The van der Waals surface area contributed by atoms with Crippen molar-refractivity contribution < 1.29 is 4.79 Å². The van der Waals surface area contributed by atoms with Gasteiger partial charge in [-0.15, -0.1) is 0 Å². The van der Waals surface area contributed by atoms with Crippen LogP contribution in [0.5, 0.6) is 0 Å². The number of carbonyl (C=O) groups is 1. The van der Waals surface area contributed by atoms with Crippen molar-refractivity contribution in [2.24, 2.45) is 0 Å². The third kappa shape index (κ3) is 4.02. The molecule has 0 aliphatic carbocycles. The van der Waals surface area contributed by atoms with Crippen LogP contribution in [-0.4, -0.2) is 5.91 Å². The molecule has 3 aromatic rings. The lowest BCUT2D eigenvalue weighted by molar-refractivity contribution is -0.111. The van der Waals surface area contributed by atoms with Crippen LogP contribution >= 0.6 is 11.8 Å². The summed E-state index contributed by atoms with van der Waals surface area (Å²) in [5.41, 5.74) is 1.98. The molecule has 2 nitrogen and oxygen atoms in total. The van der Waals surface area contributed by atoms with Gasteiger partial charge in [0, 0.05) is 16.7 Å². The average molecular weight is 319 g/mol. The smallest absolute Gasteiger partial charge is 0.248 e. The molecule has 0 radical (unpaired) electrons. The summed E-state index contributed by atoms with van der Waals surface area (Å²) in [5.74, 6) is -0.124. The first kappa shape index (κ1) is 15.4. The minimum atomic E-state index is -0.124. The molecule has 0 aliphatic heterocycles. The van der Waals surface area contributed by atoms with Gasteiger partial charge in [0.05, 0.1) is 0 Å². The van der Waals surface area contributed by atoms with E-state index in [2.05, 4.69) is 29.6 Å². The molecule has 1 amide bonds. The molecule has 0 heterocycles. The molecule has 0 saturated heterocycles. The fraction of sp³-hybridized carbons (Fsp3) is 0.0500. The van der Waals surface area contributed by atoms with Gasteiger partial charge in [-0.1, -0.05) is 65.9 Å². The van der Waals surface area contributed by atoms with Gasteiger partial charge in [-0.05, 0) is 41.3 Å². The van der Waals surface area contributed by atoms with Crippen LogP contribution in [0.4, 0.5) is 5.69 Å². The summed E-state index contributed by atoms with van der Waals surface area (Å²) in [7, 11) is 0. The number of hydrogen-bond donors (Lipinski definition) is 1. The number of carbonyl (C=O) groups excluding carboxylic acids is 1. The van der Waals surface area contributed by atoms with Crippen LogP contribution < -0.4 is 5.32 Å². The highest BCUT2D eigenvalue weighted by molar-refractivity contribution is 8.02. The van der Waals surface area contributed by atoms with E-state index >= 15 is 0 Å². The first-order chi connectivity index (χ1) is 11.2. The Hall–Kier alpha value is -2.52. The van der Waals surface area contributed by atoms with Gasteiger partial charge in [0.1, 0.15) is 0 Å². The first-order valence-electron chi connectivity index (χ1n) is 7.41. The van der Waals surface area contributed by atoms with Crippen LogP contribution in [0.1, 0.15) is 5.56 Å². The van der Waals surface area contributed by atoms with Gasteiger partial charge in [-0.2, -0.15) is 0 Å². The Labute approximate surface area is 140 Å². The fourth-order valence-corrected chi connectivity index (χ4v) is 3.10. The summed E-state index contributed by atoms with van der Waals surface area (Å²) < 4.78 is 0. The number of amides is 1. The predicted octanol–water partition coefficient (Wildman–Crippen LogP) is 5.39. The maximum absolute atomic E-state index is 11.9. The number of hydrogen-bond acceptors (Lipinski definition) is 2. The van der Waals surface area contributed by atoms with Gasteiger partial charge in [-0.3, -0.25) is 4.79 Å². The molecule has 3 heteroatoms. The zero-order valence-electron chi connectivity index (χ0n) is 12.8. The van der Waals surface area contributed by atoms with Gasteiger partial charge < -0.3 is 5.32 Å². The van der Waals surface area contributed by atoms with Crippen molar-refractivity contribution in [2.45, 2.75) is 11.8 Å². The van der Waals surface area contributed by atoms with E-state index in [0.29, 0.717) is 0 Å². The Morgan fingerprint density at radius 2 is 1.70 bits per heavy atom. The topological polar surface area (TPSA) is 29.1 Å². The molecule has 23 heavy (non-hydrogen) atoms. The molecule has 0 fully saturated rings. The third-order valence-corrected chi connectivity index (χ3v) is 4.37. The molecular weight excluding hydrogens is 302 g/mol. The Kier molecular flexibility index (Phi) is 4.79. The largest absolute Gasteiger partial charge is 0.322 e. The van der Waals surface area contributed by atoms with Crippen LogP contribution in [0, 0.1) is 6.92 Å². The lowest BCUT2D eigenvalue weighted by Gasteiger charge is -2.04. The summed E-state index contributed by atoms with van der Waals surface area (Å²) in [6.07, 6.45) is 1.56. The second-order valence-corrected chi connectivity index (χ2v) is 6.20. The molecule has 1 N–H and O–H groups in total. The number of rotatable bonds is 4. The van der Waals surface area contributed by atoms with Crippen molar-refractivity contribution in [3.05, 3.63) is 83.8 Å². The normalized spacial score (nSPS) is 11.0. The van der Waals surface area contributed by atoms with Crippen molar-refractivity contribution in [3.8, 4) is 0 Å². The number of nitrogens with one attached hydrogen (secondary N) is 1. The Balaban J connectivity index is 1.66. The highest BCUT2D eigenvalue weighted by Crippen LogP contribution is 2.28. The van der Waals surface area contributed by atoms with Crippen molar-refractivity contribution in [1.82, 2.24) is 0 Å². The van der Waals surface area contributed by atoms with Crippen molar-refractivity contribution in [2.75, 3.05) is 5.32 Å². The summed E-state index contributed by atoms with van der Waals surface area (Å²) >= 11 is 1.55. The molecule has 3 rings (SSSR count). The lowest BCUT2D eigenvalue weighted by Crippen LogP contribution is -2.07. The number of aryl methyl sites for hydroxylation is 1. The minimum absolute atomic E-state index is 0.124. The van der Waals surface area contributed by atoms with Crippen LogP contribution in [0.25, 0.3) is 10.8 Å². The molecule has 0 bridgehead atoms. The maximum Gasteiger partial charge on any atom is 0.248 e. The van der Waals surface area contributed by atoms with Gasteiger partial charge in [0.2, 0.25) is 5.91 Å². The fourth-order valence-electron chi connectivity index (χ4n) is 2.29. The highest BCUT2D eigenvalue weighted by atomic mass is 32.2. The predicted molar refractivity (Wildman–Crippen MR) is 98.8 cm³/mol. The van der Waals surface area contributed by atoms with Crippen LogP contribution in [0.3, 0.4) is 0 Å². The summed E-state index contributed by atoms with van der Waals surface area (Å²) in [6.45, 7) is 2.02. The lowest BCUT2D eigenvalue weighted by atomic mass is 10.1. The van der Waals surface area contributed by atoms with Crippen molar-refractivity contribution in [3.63, 3.8) is 0 Å². The molecule has 0 aliphatic rings. The van der Waals surface area contributed by atoms with Crippen molar-refractivity contribution in [1.29, 1.82) is 0 Å². The Morgan fingerprint density at radius 3 is 2.52 bits per heavy atom. The van der Waals surface area contributed by atoms with Crippen molar-refractivity contribution >= 4 is 34.1 Å². The Morgan fingerprint density at radius 1 is 0.957 bits per heavy atom. The van der Waals surface area contributed by atoms with E-state index in [4.69, 9.17) is 0 Å². The van der Waals surface area contributed by atoms with E-state index in [0.717, 1.165) is 10.6 Å². The van der Waals surface area contributed by atoms with Gasteiger partial charge in [-0.25, -0.2) is 0 Å². The molecule has 0 aromatic heterocycles. The van der Waals surface area contributed by atoms with E-state index in [1.807, 2.05) is 54.8 Å². The summed E-state index contributed by atoms with van der Waals surface area (Å²) in [5, 5.41) is 7.08. The summed E-state index contributed by atoms with van der Waals surface area (Å²) in [6, 6.07) is 22.2. The van der Waals surface area contributed by atoms with Crippen LogP contribution in [0.15, 0.2) is 83.1 Å². The monoisotopic (exact) mass is 319 g/mol. The maximum atomic E-state index is 11.9. The van der Waals surface area contributed by atoms with Crippen LogP contribution in [-0.2, 0) is 4.79 Å². The molecule has 3 aromatic carbocycles. The minimum Gasteiger partial charge on any atom is -0.322 e. The van der Waals surface area contributed by atoms with Gasteiger partial charge in [0.15, 0.2) is 0 Å². The highest BCUT2D eigenvalue weighted by Gasteiger charge is 2.00. The average Bonchev–Trinajstić information content (AvgIpc) is 2.57. The molecule has 0 unspecified atom stereocenters. The quantitative estimate of drug-likeness (QED) is 0.516. The second-order valence-electron chi connectivity index (χ2n) is 5.25. The molecular formula is C20H17NOS. The number of anilines is 1. The zero-order chi connectivity index (χ0) is 16.1. The van der Waals surface area contributed by atoms with Gasteiger partial charge in [0.25, 0.3) is 0 Å². The molecule has 114 valence electrons. The number of fused-ring (bicyclic) bond motifs is 1. The first-order valence-corrected chi connectivity index (χ1v) is 8.29. The Bertz CT molecular complexity index is 848. The van der Waals surface area contributed by atoms with E-state index in [1.54, 1.807) is 17.8 Å². The number of benzene rings is 3. The van der Waals surface area contributed by atoms with E-state index in [-0.39, 0.29) is 5.91 Å². The van der Waals surface area contributed by atoms with E-state index < -0.39 is 0 Å². The van der Waals surface area contributed by atoms with E-state index in [9.17, 15) is 4.79 Å². The second kappa shape index (κ2) is 7.16. The SMILES string of the molecule is Cc1ccc(NC(=O)C=CSc2cccc3ccccc23)cc1. The van der Waals surface area contributed by atoms with Gasteiger partial charge >= 0.3 is 0 Å². The third-order valence-electron chi connectivity index (χ3n) is 3.48. The number of thioether (sulfide) groups is 1.